The van der Waals surface area contributed by atoms with E-state index in [-0.39, 0.29) is 0 Å². The van der Waals surface area contributed by atoms with Crippen molar-refractivity contribution in [1.82, 2.24) is 4.98 Å². The molecule has 0 spiro atoms. The Morgan fingerprint density at radius 1 is 0.545 bits per heavy atom. The number of benzene rings is 2. The van der Waals surface area contributed by atoms with E-state index in [1.54, 1.807) is 12.4 Å². The van der Waals surface area contributed by atoms with Crippen molar-refractivity contribution in [2.24, 2.45) is 9.98 Å². The van der Waals surface area contributed by atoms with Gasteiger partial charge in [-0.15, -0.1) is 0 Å². The number of hydrogen-bond donors (Lipinski definition) is 0. The summed E-state index contributed by atoms with van der Waals surface area (Å²) in [7, 11) is 0. The Morgan fingerprint density at radius 3 is 1.45 bits per heavy atom. The highest BCUT2D eigenvalue weighted by atomic mass is 15.0. The lowest BCUT2D eigenvalue weighted by molar-refractivity contribution is 1.25. The molecule has 0 radical (unpaired) electrons. The fraction of sp³-hybridized carbons (Fsp3) is 0. The first-order chi connectivity index (χ1) is 10.9. The summed E-state index contributed by atoms with van der Waals surface area (Å²) in [6.45, 7) is 0. The molecule has 0 unspecified atom stereocenters. The Kier molecular flexibility index (Phi) is 4.47. The van der Waals surface area contributed by atoms with Crippen molar-refractivity contribution in [1.29, 1.82) is 0 Å². The molecule has 0 saturated heterocycles. The van der Waals surface area contributed by atoms with Crippen LogP contribution >= 0.6 is 0 Å². The SMILES string of the molecule is C(=Nc1cccc(N=Cc2ccccc2)n1)c1ccccc1. The van der Waals surface area contributed by atoms with Gasteiger partial charge in [-0.25, -0.2) is 15.0 Å². The van der Waals surface area contributed by atoms with Crippen LogP contribution in [0.3, 0.4) is 0 Å². The van der Waals surface area contributed by atoms with Gasteiger partial charge < -0.3 is 0 Å². The van der Waals surface area contributed by atoms with E-state index in [1.165, 1.54) is 0 Å². The monoisotopic (exact) mass is 285 g/mol. The molecule has 3 aromatic rings. The zero-order valence-electron chi connectivity index (χ0n) is 12.0. The van der Waals surface area contributed by atoms with Crippen LogP contribution in [0.5, 0.6) is 0 Å². The number of nitrogens with zero attached hydrogens (tertiary/aromatic N) is 3. The highest BCUT2D eigenvalue weighted by Gasteiger charge is 1.94. The van der Waals surface area contributed by atoms with Gasteiger partial charge in [0, 0.05) is 12.4 Å². The van der Waals surface area contributed by atoms with Gasteiger partial charge in [0.05, 0.1) is 0 Å². The van der Waals surface area contributed by atoms with Crippen LogP contribution in [0, 0.1) is 0 Å². The summed E-state index contributed by atoms with van der Waals surface area (Å²) in [5, 5.41) is 0. The average molecular weight is 285 g/mol. The van der Waals surface area contributed by atoms with E-state index in [1.807, 2.05) is 78.9 Å². The van der Waals surface area contributed by atoms with Crippen LogP contribution in [0.15, 0.2) is 88.8 Å². The summed E-state index contributed by atoms with van der Waals surface area (Å²) in [5.41, 5.74) is 2.09. The maximum atomic E-state index is 4.41. The zero-order valence-corrected chi connectivity index (χ0v) is 12.0. The largest absolute Gasteiger partial charge is 0.236 e. The lowest BCUT2D eigenvalue weighted by Gasteiger charge is -1.96. The molecule has 2 aromatic carbocycles. The first-order valence-corrected chi connectivity index (χ1v) is 7.05. The average Bonchev–Trinajstić information content (AvgIpc) is 2.60. The number of aromatic nitrogens is 1. The van der Waals surface area contributed by atoms with Gasteiger partial charge >= 0.3 is 0 Å². The molecule has 0 bridgehead atoms. The molecule has 1 heterocycles. The summed E-state index contributed by atoms with van der Waals surface area (Å²) in [5.74, 6) is 1.29. The van der Waals surface area contributed by atoms with Crippen molar-refractivity contribution in [3.8, 4) is 0 Å². The molecule has 0 fully saturated rings. The molecule has 0 saturated carbocycles. The Hall–Kier alpha value is -3.07. The maximum Gasteiger partial charge on any atom is 0.154 e. The lowest BCUT2D eigenvalue weighted by Crippen LogP contribution is -1.82. The van der Waals surface area contributed by atoms with Crippen molar-refractivity contribution in [3.63, 3.8) is 0 Å². The molecule has 0 aliphatic carbocycles. The molecule has 3 heteroatoms. The van der Waals surface area contributed by atoms with E-state index < -0.39 is 0 Å². The van der Waals surface area contributed by atoms with Gasteiger partial charge in [0.1, 0.15) is 0 Å². The molecule has 0 amide bonds. The predicted octanol–water partition coefficient (Wildman–Crippen LogP) is 4.58. The lowest BCUT2D eigenvalue weighted by atomic mass is 10.2. The summed E-state index contributed by atoms with van der Waals surface area (Å²) in [6.07, 6.45) is 3.60. The molecule has 3 rings (SSSR count). The molecule has 3 nitrogen and oxygen atoms in total. The van der Waals surface area contributed by atoms with E-state index in [2.05, 4.69) is 15.0 Å². The van der Waals surface area contributed by atoms with Crippen molar-refractivity contribution in [3.05, 3.63) is 90.0 Å². The first kappa shape index (κ1) is 13.9. The van der Waals surface area contributed by atoms with Gasteiger partial charge in [0.2, 0.25) is 0 Å². The zero-order chi connectivity index (χ0) is 15.0. The second kappa shape index (κ2) is 7.09. The summed E-state index contributed by atoms with van der Waals surface area (Å²) >= 11 is 0. The van der Waals surface area contributed by atoms with Crippen molar-refractivity contribution in [2.45, 2.75) is 0 Å². The van der Waals surface area contributed by atoms with Gasteiger partial charge in [0.25, 0.3) is 0 Å². The molecule has 106 valence electrons. The van der Waals surface area contributed by atoms with Crippen LogP contribution in [-0.4, -0.2) is 17.4 Å². The third-order valence-corrected chi connectivity index (χ3v) is 3.01. The van der Waals surface area contributed by atoms with Crippen molar-refractivity contribution < 1.29 is 0 Å². The first-order valence-electron chi connectivity index (χ1n) is 7.05. The Balaban J connectivity index is 1.75. The highest BCUT2D eigenvalue weighted by molar-refractivity contribution is 5.82. The van der Waals surface area contributed by atoms with E-state index in [9.17, 15) is 0 Å². The van der Waals surface area contributed by atoms with E-state index in [4.69, 9.17) is 0 Å². The summed E-state index contributed by atoms with van der Waals surface area (Å²) in [6, 6.07) is 25.5. The number of hydrogen-bond acceptors (Lipinski definition) is 3. The van der Waals surface area contributed by atoms with Crippen LogP contribution in [0.1, 0.15) is 11.1 Å². The minimum Gasteiger partial charge on any atom is -0.236 e. The molecular weight excluding hydrogens is 270 g/mol. The minimum atomic E-state index is 0.645. The maximum absolute atomic E-state index is 4.41. The molecular formula is C19H15N3. The predicted molar refractivity (Wildman–Crippen MR) is 91.6 cm³/mol. The van der Waals surface area contributed by atoms with Crippen LogP contribution < -0.4 is 0 Å². The molecule has 0 aliphatic rings. The highest BCUT2D eigenvalue weighted by Crippen LogP contribution is 2.15. The second-order valence-corrected chi connectivity index (χ2v) is 4.69. The van der Waals surface area contributed by atoms with E-state index >= 15 is 0 Å². The number of aliphatic imine (C=N–C) groups is 2. The molecule has 22 heavy (non-hydrogen) atoms. The van der Waals surface area contributed by atoms with E-state index in [0.717, 1.165) is 11.1 Å². The second-order valence-electron chi connectivity index (χ2n) is 4.69. The van der Waals surface area contributed by atoms with Crippen molar-refractivity contribution >= 4 is 24.1 Å². The van der Waals surface area contributed by atoms with Crippen LogP contribution in [0.4, 0.5) is 11.6 Å². The van der Waals surface area contributed by atoms with Gasteiger partial charge in [-0.1, -0.05) is 66.7 Å². The normalized spacial score (nSPS) is 11.3. The molecule has 0 aliphatic heterocycles. The summed E-state index contributed by atoms with van der Waals surface area (Å²) in [4.78, 5) is 13.2. The van der Waals surface area contributed by atoms with Crippen molar-refractivity contribution in [2.75, 3.05) is 0 Å². The number of rotatable bonds is 4. The smallest absolute Gasteiger partial charge is 0.154 e. The Bertz CT molecular complexity index is 713. The molecule has 1 aromatic heterocycles. The summed E-state index contributed by atoms with van der Waals surface area (Å²) < 4.78 is 0. The quantitative estimate of drug-likeness (QED) is 0.646. The topological polar surface area (TPSA) is 37.6 Å². The van der Waals surface area contributed by atoms with Gasteiger partial charge in [0.15, 0.2) is 11.6 Å². The molecule has 0 N–H and O–H groups in total. The van der Waals surface area contributed by atoms with E-state index in [0.29, 0.717) is 11.6 Å². The Morgan fingerprint density at radius 2 is 1.00 bits per heavy atom. The van der Waals surface area contributed by atoms with Crippen LogP contribution in [0.25, 0.3) is 0 Å². The standard InChI is InChI=1S/C19H15N3/c1-3-8-16(9-4-1)14-20-18-12-7-13-19(22-18)21-15-17-10-5-2-6-11-17/h1-15H. The van der Waals surface area contributed by atoms with Gasteiger partial charge in [-0.05, 0) is 23.3 Å². The molecule has 0 atom stereocenters. The minimum absolute atomic E-state index is 0.645. The van der Waals surface area contributed by atoms with Gasteiger partial charge in [-0.3, -0.25) is 0 Å². The van der Waals surface area contributed by atoms with Crippen LogP contribution in [0.2, 0.25) is 0 Å². The Labute approximate surface area is 129 Å². The van der Waals surface area contributed by atoms with Gasteiger partial charge in [-0.2, -0.15) is 0 Å². The third-order valence-electron chi connectivity index (χ3n) is 3.01. The fourth-order valence-corrected chi connectivity index (χ4v) is 1.92. The van der Waals surface area contributed by atoms with Crippen LogP contribution in [-0.2, 0) is 0 Å². The third kappa shape index (κ3) is 3.96. The fourth-order valence-electron chi connectivity index (χ4n) is 1.92. The number of pyridine rings is 1.